The molecule has 3 heteroatoms. The third-order valence-corrected chi connectivity index (χ3v) is 1.55. The number of rotatable bonds is 2. The summed E-state index contributed by atoms with van der Waals surface area (Å²) >= 11 is 0. The molecule has 1 rings (SSSR count). The summed E-state index contributed by atoms with van der Waals surface area (Å²) in [6.45, 7) is 5.92. The maximum absolute atomic E-state index is 10.7. The van der Waals surface area contributed by atoms with E-state index in [4.69, 9.17) is 5.73 Å². The molecule has 14 heavy (non-hydrogen) atoms. The normalized spacial score (nSPS) is 8.57. The standard InChI is InChI=1S/C9H12N2O.C2H6/c1-7(12)11-9-5-3-2-4-8(9)6-10;1-2/h2-5H,6,10H2,1H3,(H,11,12);1-2H3. The number of nitrogens with two attached hydrogens (primary N) is 1. The van der Waals surface area contributed by atoms with Crippen molar-refractivity contribution in [3.8, 4) is 0 Å². The Labute approximate surface area is 85.3 Å². The van der Waals surface area contributed by atoms with Gasteiger partial charge in [-0.25, -0.2) is 0 Å². The number of carbonyl (C=O) groups is 1. The van der Waals surface area contributed by atoms with Gasteiger partial charge in [-0.1, -0.05) is 32.0 Å². The molecule has 0 atom stereocenters. The lowest BCUT2D eigenvalue weighted by Gasteiger charge is -2.06. The highest BCUT2D eigenvalue weighted by molar-refractivity contribution is 5.89. The average molecular weight is 194 g/mol. The van der Waals surface area contributed by atoms with Gasteiger partial charge in [-0.2, -0.15) is 0 Å². The van der Waals surface area contributed by atoms with E-state index in [9.17, 15) is 4.79 Å². The molecule has 1 aromatic rings. The quantitative estimate of drug-likeness (QED) is 0.757. The lowest BCUT2D eigenvalue weighted by atomic mass is 10.2. The SMILES string of the molecule is CC.CC(=O)Nc1ccccc1CN. The van der Waals surface area contributed by atoms with Crippen LogP contribution in [0.2, 0.25) is 0 Å². The zero-order valence-corrected chi connectivity index (χ0v) is 9.00. The van der Waals surface area contributed by atoms with E-state index in [1.807, 2.05) is 38.1 Å². The van der Waals surface area contributed by atoms with Gasteiger partial charge in [-0.15, -0.1) is 0 Å². The molecule has 0 aliphatic carbocycles. The van der Waals surface area contributed by atoms with Crippen molar-refractivity contribution in [3.05, 3.63) is 29.8 Å². The molecule has 3 nitrogen and oxygen atoms in total. The lowest BCUT2D eigenvalue weighted by Crippen LogP contribution is -2.09. The van der Waals surface area contributed by atoms with Gasteiger partial charge >= 0.3 is 0 Å². The maximum Gasteiger partial charge on any atom is 0.221 e. The van der Waals surface area contributed by atoms with E-state index in [1.165, 1.54) is 6.92 Å². The fraction of sp³-hybridized carbons (Fsp3) is 0.364. The van der Waals surface area contributed by atoms with Gasteiger partial charge in [-0.05, 0) is 11.6 Å². The predicted molar refractivity (Wildman–Crippen MR) is 60.0 cm³/mol. The highest BCUT2D eigenvalue weighted by atomic mass is 16.1. The van der Waals surface area contributed by atoms with Crippen molar-refractivity contribution in [2.45, 2.75) is 27.3 Å². The van der Waals surface area contributed by atoms with Gasteiger partial charge in [0, 0.05) is 19.2 Å². The second kappa shape index (κ2) is 7.09. The largest absolute Gasteiger partial charge is 0.326 e. The molecular formula is C11H18N2O. The third-order valence-electron chi connectivity index (χ3n) is 1.55. The van der Waals surface area contributed by atoms with E-state index in [2.05, 4.69) is 5.32 Å². The second-order valence-electron chi connectivity index (χ2n) is 2.54. The fourth-order valence-electron chi connectivity index (χ4n) is 1.01. The molecule has 1 amide bonds. The molecule has 0 fully saturated rings. The monoisotopic (exact) mass is 194 g/mol. The molecule has 0 unspecified atom stereocenters. The Morgan fingerprint density at radius 1 is 1.36 bits per heavy atom. The molecule has 0 radical (unpaired) electrons. The highest BCUT2D eigenvalue weighted by Crippen LogP contribution is 2.13. The van der Waals surface area contributed by atoms with Crippen LogP contribution in [0.15, 0.2) is 24.3 Å². The van der Waals surface area contributed by atoms with Crippen molar-refractivity contribution in [1.82, 2.24) is 0 Å². The minimum atomic E-state index is -0.0732. The molecule has 0 aliphatic heterocycles. The van der Waals surface area contributed by atoms with Crippen LogP contribution in [-0.4, -0.2) is 5.91 Å². The number of hydrogen-bond donors (Lipinski definition) is 2. The summed E-state index contributed by atoms with van der Waals surface area (Å²) < 4.78 is 0. The van der Waals surface area contributed by atoms with Gasteiger partial charge in [-0.3, -0.25) is 4.79 Å². The van der Waals surface area contributed by atoms with E-state index in [0.717, 1.165) is 11.3 Å². The minimum Gasteiger partial charge on any atom is -0.326 e. The molecular weight excluding hydrogens is 176 g/mol. The molecule has 1 aromatic carbocycles. The Morgan fingerprint density at radius 3 is 2.43 bits per heavy atom. The van der Waals surface area contributed by atoms with Gasteiger partial charge in [0.25, 0.3) is 0 Å². The summed E-state index contributed by atoms with van der Waals surface area (Å²) in [5.74, 6) is -0.0732. The van der Waals surface area contributed by atoms with E-state index in [1.54, 1.807) is 0 Å². The van der Waals surface area contributed by atoms with Crippen LogP contribution in [0.3, 0.4) is 0 Å². The molecule has 0 bridgehead atoms. The summed E-state index contributed by atoms with van der Waals surface area (Å²) in [5.41, 5.74) is 7.23. The Kier molecular flexibility index (Phi) is 6.41. The minimum absolute atomic E-state index is 0.0732. The topological polar surface area (TPSA) is 55.1 Å². The van der Waals surface area contributed by atoms with Crippen LogP contribution < -0.4 is 11.1 Å². The zero-order valence-electron chi connectivity index (χ0n) is 9.00. The van der Waals surface area contributed by atoms with Gasteiger partial charge < -0.3 is 11.1 Å². The molecule has 0 spiro atoms. The van der Waals surface area contributed by atoms with Crippen molar-refractivity contribution in [1.29, 1.82) is 0 Å². The predicted octanol–water partition coefficient (Wildman–Crippen LogP) is 2.13. The summed E-state index contributed by atoms with van der Waals surface area (Å²) in [6, 6.07) is 7.49. The number of benzene rings is 1. The van der Waals surface area contributed by atoms with E-state index >= 15 is 0 Å². The van der Waals surface area contributed by atoms with Crippen LogP contribution in [0.5, 0.6) is 0 Å². The average Bonchev–Trinajstić information content (AvgIpc) is 2.21. The smallest absolute Gasteiger partial charge is 0.221 e. The van der Waals surface area contributed by atoms with E-state index in [-0.39, 0.29) is 5.91 Å². The van der Waals surface area contributed by atoms with Crippen LogP contribution >= 0.6 is 0 Å². The van der Waals surface area contributed by atoms with Crippen molar-refractivity contribution in [2.24, 2.45) is 5.73 Å². The van der Waals surface area contributed by atoms with Crippen LogP contribution in [-0.2, 0) is 11.3 Å². The Hall–Kier alpha value is -1.35. The molecule has 0 saturated carbocycles. The number of amides is 1. The first kappa shape index (κ1) is 12.7. The Bertz CT molecular complexity index is 284. The molecule has 0 aromatic heterocycles. The first-order chi connectivity index (χ1) is 6.74. The van der Waals surface area contributed by atoms with Crippen LogP contribution in [0.25, 0.3) is 0 Å². The van der Waals surface area contributed by atoms with Crippen LogP contribution in [0.4, 0.5) is 5.69 Å². The highest BCUT2D eigenvalue weighted by Gasteiger charge is 1.99. The number of para-hydroxylation sites is 1. The Morgan fingerprint density at radius 2 is 1.93 bits per heavy atom. The summed E-state index contributed by atoms with van der Waals surface area (Å²) in [6.07, 6.45) is 0. The zero-order chi connectivity index (χ0) is 11.0. The van der Waals surface area contributed by atoms with Crippen molar-refractivity contribution >= 4 is 11.6 Å². The van der Waals surface area contributed by atoms with Crippen molar-refractivity contribution in [2.75, 3.05) is 5.32 Å². The van der Waals surface area contributed by atoms with E-state index in [0.29, 0.717) is 6.54 Å². The van der Waals surface area contributed by atoms with Gasteiger partial charge in [0.1, 0.15) is 0 Å². The van der Waals surface area contributed by atoms with Gasteiger partial charge in [0.2, 0.25) is 5.91 Å². The molecule has 78 valence electrons. The van der Waals surface area contributed by atoms with Crippen molar-refractivity contribution in [3.63, 3.8) is 0 Å². The second-order valence-corrected chi connectivity index (χ2v) is 2.54. The van der Waals surface area contributed by atoms with Crippen LogP contribution in [0.1, 0.15) is 26.3 Å². The van der Waals surface area contributed by atoms with Crippen molar-refractivity contribution < 1.29 is 4.79 Å². The summed E-state index contributed by atoms with van der Waals surface area (Å²) in [4.78, 5) is 10.7. The number of nitrogens with one attached hydrogen (secondary N) is 1. The Balaban J connectivity index is 0.000000791. The molecule has 0 aliphatic rings. The number of carbonyl (C=O) groups excluding carboxylic acids is 1. The molecule has 0 heterocycles. The third kappa shape index (κ3) is 4.05. The summed E-state index contributed by atoms with van der Waals surface area (Å²) in [5, 5.41) is 2.71. The molecule has 3 N–H and O–H groups in total. The first-order valence-corrected chi connectivity index (χ1v) is 4.79. The first-order valence-electron chi connectivity index (χ1n) is 4.79. The lowest BCUT2D eigenvalue weighted by molar-refractivity contribution is -0.114. The fourth-order valence-corrected chi connectivity index (χ4v) is 1.01. The van der Waals surface area contributed by atoms with Gasteiger partial charge in [0.15, 0.2) is 0 Å². The summed E-state index contributed by atoms with van der Waals surface area (Å²) in [7, 11) is 0. The number of hydrogen-bond acceptors (Lipinski definition) is 2. The molecule has 0 saturated heterocycles. The number of anilines is 1. The van der Waals surface area contributed by atoms with E-state index < -0.39 is 0 Å². The maximum atomic E-state index is 10.7. The van der Waals surface area contributed by atoms with Gasteiger partial charge in [0.05, 0.1) is 0 Å². The van der Waals surface area contributed by atoms with Crippen LogP contribution in [0, 0.1) is 0 Å².